The number of hydrogen-bond acceptors (Lipinski definition) is 3. The van der Waals surface area contributed by atoms with E-state index in [1.807, 2.05) is 55.8 Å². The fraction of sp³-hybridized carbons (Fsp3) is 0.278. The number of aromatic nitrogens is 4. The molecule has 0 amide bonds. The van der Waals surface area contributed by atoms with E-state index in [1.54, 1.807) is 11.7 Å². The summed E-state index contributed by atoms with van der Waals surface area (Å²) in [5, 5.41) is 7.51. The van der Waals surface area contributed by atoms with E-state index in [-0.39, 0.29) is 0 Å². The lowest BCUT2D eigenvalue weighted by molar-refractivity contribution is 0.464. The summed E-state index contributed by atoms with van der Waals surface area (Å²) in [5.74, 6) is 1.70. The first-order valence-corrected chi connectivity index (χ1v) is 8.14. The summed E-state index contributed by atoms with van der Waals surface area (Å²) in [5.41, 5.74) is 3.26. The number of imidazole rings is 1. The molecule has 0 bridgehead atoms. The molecule has 2 heterocycles. The fourth-order valence-corrected chi connectivity index (χ4v) is 2.64. The van der Waals surface area contributed by atoms with E-state index in [1.165, 1.54) is 0 Å². The number of benzene rings is 1. The van der Waals surface area contributed by atoms with Crippen molar-refractivity contribution in [3.8, 4) is 11.3 Å². The molecule has 7 nitrogen and oxygen atoms in total. The first kappa shape index (κ1) is 16.8. The summed E-state index contributed by atoms with van der Waals surface area (Å²) in [4.78, 5) is 14.2. The molecule has 25 heavy (non-hydrogen) atoms. The van der Waals surface area contributed by atoms with Crippen molar-refractivity contribution in [1.29, 1.82) is 0 Å². The third kappa shape index (κ3) is 4.26. The molecule has 7 heteroatoms. The number of guanidine groups is 1. The van der Waals surface area contributed by atoms with E-state index in [4.69, 9.17) is 0 Å². The predicted octanol–water partition coefficient (Wildman–Crippen LogP) is 2.02. The Kier molecular flexibility index (Phi) is 5.13. The highest BCUT2D eigenvalue weighted by Crippen LogP contribution is 2.16. The van der Waals surface area contributed by atoms with Crippen molar-refractivity contribution in [2.45, 2.75) is 13.1 Å². The highest BCUT2D eigenvalue weighted by Gasteiger charge is 2.10. The van der Waals surface area contributed by atoms with Crippen molar-refractivity contribution in [3.05, 3.63) is 60.3 Å². The van der Waals surface area contributed by atoms with Crippen molar-refractivity contribution in [3.63, 3.8) is 0 Å². The highest BCUT2D eigenvalue weighted by atomic mass is 15.3. The van der Waals surface area contributed by atoms with Crippen LogP contribution in [0.3, 0.4) is 0 Å². The Labute approximate surface area is 147 Å². The van der Waals surface area contributed by atoms with Gasteiger partial charge in [0.15, 0.2) is 5.96 Å². The summed E-state index contributed by atoms with van der Waals surface area (Å²) in [6, 6.07) is 10.2. The largest absolute Gasteiger partial charge is 0.352 e. The van der Waals surface area contributed by atoms with Gasteiger partial charge < -0.3 is 15.2 Å². The second-order valence-electron chi connectivity index (χ2n) is 5.89. The van der Waals surface area contributed by atoms with Gasteiger partial charge in [-0.3, -0.25) is 9.67 Å². The van der Waals surface area contributed by atoms with E-state index in [9.17, 15) is 0 Å². The van der Waals surface area contributed by atoms with Crippen LogP contribution in [0, 0.1) is 0 Å². The molecule has 0 fully saturated rings. The van der Waals surface area contributed by atoms with Gasteiger partial charge in [0.05, 0.1) is 24.6 Å². The second-order valence-corrected chi connectivity index (χ2v) is 5.89. The maximum absolute atomic E-state index is 4.48. The molecule has 0 atom stereocenters. The first-order chi connectivity index (χ1) is 12.2. The zero-order valence-electron chi connectivity index (χ0n) is 14.8. The van der Waals surface area contributed by atoms with Gasteiger partial charge >= 0.3 is 0 Å². The minimum Gasteiger partial charge on any atom is -0.352 e. The van der Waals surface area contributed by atoms with Gasteiger partial charge in [0.2, 0.25) is 0 Å². The van der Waals surface area contributed by atoms with Crippen LogP contribution in [-0.4, -0.2) is 44.7 Å². The monoisotopic (exact) mass is 337 g/mol. The molecule has 130 valence electrons. The van der Waals surface area contributed by atoms with Gasteiger partial charge in [-0.05, 0) is 5.56 Å². The van der Waals surface area contributed by atoms with Crippen molar-refractivity contribution < 1.29 is 0 Å². The molecule has 3 rings (SSSR count). The molecule has 2 aromatic heterocycles. The van der Waals surface area contributed by atoms with Gasteiger partial charge in [-0.25, -0.2) is 4.98 Å². The van der Waals surface area contributed by atoms with Crippen molar-refractivity contribution >= 4 is 5.96 Å². The van der Waals surface area contributed by atoms with E-state index in [0.717, 1.165) is 28.6 Å². The van der Waals surface area contributed by atoms with Crippen LogP contribution in [0.2, 0.25) is 0 Å². The lowest BCUT2D eigenvalue weighted by atomic mass is 10.2. The third-order valence-electron chi connectivity index (χ3n) is 3.88. The molecule has 1 aromatic carbocycles. The average Bonchev–Trinajstić information content (AvgIpc) is 3.25. The van der Waals surface area contributed by atoms with Gasteiger partial charge in [0, 0.05) is 39.4 Å². The fourth-order valence-electron chi connectivity index (χ4n) is 2.64. The number of aliphatic imine (C=N–C) groups is 1. The van der Waals surface area contributed by atoms with E-state index in [2.05, 4.69) is 37.5 Å². The summed E-state index contributed by atoms with van der Waals surface area (Å²) >= 11 is 0. The molecule has 0 saturated carbocycles. The van der Waals surface area contributed by atoms with Crippen LogP contribution >= 0.6 is 0 Å². The quantitative estimate of drug-likeness (QED) is 0.552. The smallest absolute Gasteiger partial charge is 0.194 e. The van der Waals surface area contributed by atoms with Crippen LogP contribution in [0.5, 0.6) is 0 Å². The van der Waals surface area contributed by atoms with E-state index in [0.29, 0.717) is 13.1 Å². The van der Waals surface area contributed by atoms with Crippen LogP contribution in [0.25, 0.3) is 11.3 Å². The van der Waals surface area contributed by atoms with Crippen LogP contribution in [0.15, 0.2) is 53.9 Å². The van der Waals surface area contributed by atoms with Gasteiger partial charge in [-0.2, -0.15) is 5.10 Å². The van der Waals surface area contributed by atoms with E-state index < -0.39 is 0 Å². The average molecular weight is 337 g/mol. The zero-order valence-corrected chi connectivity index (χ0v) is 14.8. The summed E-state index contributed by atoms with van der Waals surface area (Å²) in [6.07, 6.45) is 5.70. The van der Waals surface area contributed by atoms with Crippen molar-refractivity contribution in [2.24, 2.45) is 12.0 Å². The van der Waals surface area contributed by atoms with Gasteiger partial charge in [-0.1, -0.05) is 30.3 Å². The maximum atomic E-state index is 4.48. The van der Waals surface area contributed by atoms with Crippen molar-refractivity contribution in [2.75, 3.05) is 14.1 Å². The Morgan fingerprint density at radius 3 is 2.76 bits per heavy atom. The summed E-state index contributed by atoms with van der Waals surface area (Å²) in [7, 11) is 5.68. The molecule has 0 aliphatic heterocycles. The third-order valence-corrected chi connectivity index (χ3v) is 3.88. The molecule has 0 saturated heterocycles. The molecular weight excluding hydrogens is 314 g/mol. The van der Waals surface area contributed by atoms with Gasteiger partial charge in [0.1, 0.15) is 5.82 Å². The van der Waals surface area contributed by atoms with Gasteiger partial charge in [0.25, 0.3) is 0 Å². The number of nitrogens with one attached hydrogen (secondary N) is 2. The minimum absolute atomic E-state index is 0.638. The van der Waals surface area contributed by atoms with Crippen LogP contribution in [0.1, 0.15) is 11.4 Å². The number of hydrogen-bond donors (Lipinski definition) is 2. The number of aryl methyl sites for hydroxylation is 1. The molecular formula is C18H23N7. The highest BCUT2D eigenvalue weighted by molar-refractivity contribution is 5.79. The number of H-pyrrole nitrogens is 1. The molecule has 0 aliphatic rings. The number of nitrogens with zero attached hydrogens (tertiary/aromatic N) is 5. The molecule has 0 radical (unpaired) electrons. The number of aromatic amines is 1. The summed E-state index contributed by atoms with van der Waals surface area (Å²) in [6.45, 7) is 1.32. The topological polar surface area (TPSA) is 74.1 Å². The molecule has 0 aliphatic carbocycles. The van der Waals surface area contributed by atoms with Crippen molar-refractivity contribution in [1.82, 2.24) is 30.0 Å². The molecule has 0 unspecified atom stereocenters. The molecule has 0 spiro atoms. The maximum Gasteiger partial charge on any atom is 0.194 e. The Bertz CT molecular complexity index is 832. The van der Waals surface area contributed by atoms with Crippen LogP contribution < -0.4 is 5.32 Å². The standard InChI is InChI=1S/C18H23N7/c1-19-18(21-9-14-10-22-25(3)12-14)24(2)13-17-20-11-16(23-17)15-7-5-4-6-8-15/h4-8,10-12H,9,13H2,1-3H3,(H,19,21)(H,20,23). The SMILES string of the molecule is CN=C(NCc1cnn(C)c1)N(C)Cc1ncc(-c2ccccc2)[nH]1. The summed E-state index contributed by atoms with van der Waals surface area (Å²) < 4.78 is 1.79. The van der Waals surface area contributed by atoms with Gasteiger partial charge in [-0.15, -0.1) is 0 Å². The Hall–Kier alpha value is -3.09. The van der Waals surface area contributed by atoms with E-state index >= 15 is 0 Å². The molecule has 2 N–H and O–H groups in total. The van der Waals surface area contributed by atoms with Crippen LogP contribution in [-0.2, 0) is 20.1 Å². The lowest BCUT2D eigenvalue weighted by Crippen LogP contribution is -2.38. The zero-order chi connectivity index (χ0) is 17.6. The molecule has 3 aromatic rings. The minimum atomic E-state index is 0.638. The first-order valence-electron chi connectivity index (χ1n) is 8.14. The van der Waals surface area contributed by atoms with Crippen LogP contribution in [0.4, 0.5) is 0 Å². The Balaban J connectivity index is 1.60. The number of rotatable bonds is 5. The predicted molar refractivity (Wildman–Crippen MR) is 98.9 cm³/mol. The Morgan fingerprint density at radius 1 is 1.28 bits per heavy atom. The normalized spacial score (nSPS) is 11.6. The second kappa shape index (κ2) is 7.65. The lowest BCUT2D eigenvalue weighted by Gasteiger charge is -2.20. The Morgan fingerprint density at radius 2 is 2.08 bits per heavy atom.